The van der Waals surface area contributed by atoms with Crippen LogP contribution in [0.2, 0.25) is 0 Å². The van der Waals surface area contributed by atoms with Crippen LogP contribution < -0.4 is 0 Å². The van der Waals surface area contributed by atoms with Gasteiger partial charge < -0.3 is 10.2 Å². The molecule has 0 atom stereocenters. The maximum atomic E-state index is 9.10. The van der Waals surface area contributed by atoms with Crippen LogP contribution in [0.25, 0.3) is 0 Å². The van der Waals surface area contributed by atoms with E-state index in [1.807, 2.05) is 12.4 Å². The first-order valence-corrected chi connectivity index (χ1v) is 8.03. The molecule has 0 saturated carbocycles. The summed E-state index contributed by atoms with van der Waals surface area (Å²) in [4.78, 5) is 24.7. The molecule has 2 rings (SSSR count). The van der Waals surface area contributed by atoms with Gasteiger partial charge in [-0.1, -0.05) is 35.0 Å². The molecule has 0 fully saturated rings. The number of benzene rings is 1. The Hall–Kier alpha value is -2.25. The summed E-state index contributed by atoms with van der Waals surface area (Å²) in [5.74, 6) is -3.65. The number of carboxylic acids is 2. The minimum atomic E-state index is -1.82. The topological polar surface area (TPSA) is 90.7 Å². The van der Waals surface area contributed by atoms with Crippen LogP contribution in [0.5, 0.6) is 0 Å². The normalized spacial score (nSPS) is 9.96. The fourth-order valence-electron chi connectivity index (χ4n) is 1.87. The minimum absolute atomic E-state index is 0.967. The number of carboxylic acid groups (broad SMARTS) is 2. The number of hydrogen-bond acceptors (Lipinski definition) is 4. The van der Waals surface area contributed by atoms with Crippen LogP contribution in [-0.2, 0) is 22.7 Å². The van der Waals surface area contributed by atoms with Crippen LogP contribution in [0.3, 0.4) is 0 Å². The molecule has 2 aromatic rings. The SMILES string of the molecule is CCN(Cc1ccncc1)Cc1ccc(Br)cc1.O=C(O)C(=O)O. The van der Waals surface area contributed by atoms with Gasteiger partial charge in [0.05, 0.1) is 0 Å². The summed E-state index contributed by atoms with van der Waals surface area (Å²) < 4.78 is 1.13. The average Bonchev–Trinajstić information content (AvgIpc) is 2.57. The average molecular weight is 395 g/mol. The first-order valence-electron chi connectivity index (χ1n) is 7.24. The molecule has 7 heteroatoms. The van der Waals surface area contributed by atoms with Gasteiger partial charge in [-0.3, -0.25) is 9.88 Å². The number of halogens is 1. The van der Waals surface area contributed by atoms with Crippen LogP contribution in [0, 0.1) is 0 Å². The third-order valence-corrected chi connectivity index (χ3v) is 3.63. The van der Waals surface area contributed by atoms with Gasteiger partial charge in [-0.2, -0.15) is 0 Å². The van der Waals surface area contributed by atoms with E-state index in [-0.39, 0.29) is 0 Å². The van der Waals surface area contributed by atoms with Crippen molar-refractivity contribution >= 4 is 27.9 Å². The number of carbonyl (C=O) groups is 2. The largest absolute Gasteiger partial charge is 0.473 e. The van der Waals surface area contributed by atoms with Crippen molar-refractivity contribution in [2.24, 2.45) is 0 Å². The van der Waals surface area contributed by atoms with Gasteiger partial charge in [0.1, 0.15) is 0 Å². The molecule has 128 valence electrons. The van der Waals surface area contributed by atoms with Crippen molar-refractivity contribution in [1.29, 1.82) is 0 Å². The molecule has 2 N–H and O–H groups in total. The summed E-state index contributed by atoms with van der Waals surface area (Å²) in [5, 5.41) is 14.8. The van der Waals surface area contributed by atoms with Crippen LogP contribution in [0.4, 0.5) is 0 Å². The molecule has 6 nitrogen and oxygen atoms in total. The number of hydrogen-bond donors (Lipinski definition) is 2. The standard InChI is InChI=1S/C15H17BrN2.C2H2O4/c1-2-18(12-14-7-9-17-10-8-14)11-13-3-5-15(16)6-4-13;3-1(4)2(5)6/h3-10H,2,11-12H2,1H3;(H,3,4)(H,5,6). The third-order valence-electron chi connectivity index (χ3n) is 3.11. The van der Waals surface area contributed by atoms with Crippen molar-refractivity contribution in [2.45, 2.75) is 20.0 Å². The van der Waals surface area contributed by atoms with Crippen LogP contribution >= 0.6 is 15.9 Å². The van der Waals surface area contributed by atoms with Crippen LogP contribution in [0.1, 0.15) is 18.1 Å². The molecule has 1 heterocycles. The molecule has 0 aliphatic rings. The Kier molecular flexibility index (Phi) is 8.67. The number of aromatic nitrogens is 1. The number of rotatable bonds is 5. The van der Waals surface area contributed by atoms with E-state index in [4.69, 9.17) is 19.8 Å². The number of nitrogens with zero attached hydrogens (tertiary/aromatic N) is 2. The lowest BCUT2D eigenvalue weighted by molar-refractivity contribution is -0.159. The predicted molar refractivity (Wildman–Crippen MR) is 93.4 cm³/mol. The molecule has 1 aromatic carbocycles. The number of aliphatic carboxylic acids is 2. The molecular weight excluding hydrogens is 376 g/mol. The maximum Gasteiger partial charge on any atom is 0.414 e. The highest BCUT2D eigenvalue weighted by Crippen LogP contribution is 2.13. The second kappa shape index (κ2) is 10.5. The fraction of sp³-hybridized carbons (Fsp3) is 0.235. The van der Waals surface area contributed by atoms with E-state index in [9.17, 15) is 0 Å². The second-order valence-electron chi connectivity index (χ2n) is 4.90. The van der Waals surface area contributed by atoms with Gasteiger partial charge in [-0.05, 0) is 41.9 Å². The summed E-state index contributed by atoms with van der Waals surface area (Å²) in [7, 11) is 0. The molecule has 24 heavy (non-hydrogen) atoms. The van der Waals surface area contributed by atoms with Gasteiger partial charge in [0.15, 0.2) is 0 Å². The summed E-state index contributed by atoms with van der Waals surface area (Å²) >= 11 is 3.46. The van der Waals surface area contributed by atoms with E-state index in [2.05, 4.69) is 69.1 Å². The fourth-order valence-corrected chi connectivity index (χ4v) is 2.14. The Morgan fingerprint density at radius 3 is 1.83 bits per heavy atom. The quantitative estimate of drug-likeness (QED) is 0.757. The van der Waals surface area contributed by atoms with Crippen LogP contribution in [-0.4, -0.2) is 38.6 Å². The minimum Gasteiger partial charge on any atom is -0.473 e. The molecule has 1 aromatic heterocycles. The van der Waals surface area contributed by atoms with E-state index < -0.39 is 11.9 Å². The van der Waals surface area contributed by atoms with Crippen LogP contribution in [0.15, 0.2) is 53.3 Å². The summed E-state index contributed by atoms with van der Waals surface area (Å²) in [6.45, 7) is 5.18. The number of pyridine rings is 1. The highest BCUT2D eigenvalue weighted by atomic mass is 79.9. The molecule has 0 amide bonds. The first kappa shape index (κ1) is 19.8. The molecular formula is C17H19BrN2O4. The van der Waals surface area contributed by atoms with E-state index in [0.717, 1.165) is 24.1 Å². The molecule has 0 spiro atoms. The molecule has 0 bridgehead atoms. The van der Waals surface area contributed by atoms with Gasteiger partial charge in [-0.25, -0.2) is 9.59 Å². The van der Waals surface area contributed by atoms with Gasteiger partial charge in [0.25, 0.3) is 0 Å². The predicted octanol–water partition coefficient (Wildman–Crippen LogP) is 3.02. The highest BCUT2D eigenvalue weighted by Gasteiger charge is 2.05. The highest BCUT2D eigenvalue weighted by molar-refractivity contribution is 9.10. The lowest BCUT2D eigenvalue weighted by atomic mass is 10.2. The molecule has 0 radical (unpaired) electrons. The Labute approximate surface area is 148 Å². The monoisotopic (exact) mass is 394 g/mol. The van der Waals surface area contributed by atoms with Crippen molar-refractivity contribution in [1.82, 2.24) is 9.88 Å². The van der Waals surface area contributed by atoms with Gasteiger partial charge in [0, 0.05) is 30.0 Å². The van der Waals surface area contributed by atoms with Crippen molar-refractivity contribution in [2.75, 3.05) is 6.54 Å². The van der Waals surface area contributed by atoms with E-state index >= 15 is 0 Å². The van der Waals surface area contributed by atoms with Crippen molar-refractivity contribution in [3.63, 3.8) is 0 Å². The molecule has 0 aliphatic heterocycles. The van der Waals surface area contributed by atoms with Crippen molar-refractivity contribution in [3.05, 3.63) is 64.4 Å². The lowest BCUT2D eigenvalue weighted by Crippen LogP contribution is -2.22. The van der Waals surface area contributed by atoms with Gasteiger partial charge in [0.2, 0.25) is 0 Å². The molecule has 0 saturated heterocycles. The van der Waals surface area contributed by atoms with Gasteiger partial charge in [-0.15, -0.1) is 0 Å². The lowest BCUT2D eigenvalue weighted by Gasteiger charge is -2.20. The van der Waals surface area contributed by atoms with Crippen molar-refractivity contribution < 1.29 is 19.8 Å². The first-order chi connectivity index (χ1) is 11.4. The Balaban J connectivity index is 0.000000413. The summed E-state index contributed by atoms with van der Waals surface area (Å²) in [6.07, 6.45) is 3.70. The van der Waals surface area contributed by atoms with Crippen molar-refractivity contribution in [3.8, 4) is 0 Å². The summed E-state index contributed by atoms with van der Waals surface area (Å²) in [5.41, 5.74) is 2.65. The second-order valence-corrected chi connectivity index (χ2v) is 5.81. The summed E-state index contributed by atoms with van der Waals surface area (Å²) in [6, 6.07) is 12.7. The third kappa shape index (κ3) is 7.85. The zero-order valence-electron chi connectivity index (χ0n) is 13.2. The Morgan fingerprint density at radius 2 is 1.42 bits per heavy atom. The Morgan fingerprint density at radius 1 is 0.958 bits per heavy atom. The van der Waals surface area contributed by atoms with E-state index in [1.165, 1.54) is 11.1 Å². The molecule has 0 aliphatic carbocycles. The van der Waals surface area contributed by atoms with Gasteiger partial charge >= 0.3 is 11.9 Å². The van der Waals surface area contributed by atoms with E-state index in [1.54, 1.807) is 0 Å². The smallest absolute Gasteiger partial charge is 0.414 e. The maximum absolute atomic E-state index is 9.10. The Bertz CT molecular complexity index is 635. The zero-order chi connectivity index (χ0) is 17.9. The van der Waals surface area contributed by atoms with E-state index in [0.29, 0.717) is 0 Å². The molecule has 0 unspecified atom stereocenters. The zero-order valence-corrected chi connectivity index (χ0v) is 14.8.